The van der Waals surface area contributed by atoms with Crippen molar-refractivity contribution in [3.63, 3.8) is 0 Å². The highest BCUT2D eigenvalue weighted by atomic mass is 32.2. The van der Waals surface area contributed by atoms with E-state index in [0.29, 0.717) is 10.6 Å². The molecule has 0 aliphatic carbocycles. The maximum Gasteiger partial charge on any atom is 0.130 e. The molecule has 2 N–H and O–H groups in total. The molecule has 0 bridgehead atoms. The predicted octanol–water partition coefficient (Wildman–Crippen LogP) is 1.16. The van der Waals surface area contributed by atoms with Crippen molar-refractivity contribution in [1.82, 2.24) is 4.31 Å². The van der Waals surface area contributed by atoms with Crippen molar-refractivity contribution in [2.24, 2.45) is 0 Å². The molecule has 1 atom stereocenters. The maximum absolute atomic E-state index is 12.0. The molecule has 0 amide bonds. The second kappa shape index (κ2) is 3.94. The van der Waals surface area contributed by atoms with Gasteiger partial charge in [-0.1, -0.05) is 24.3 Å². The molecule has 1 aliphatic heterocycles. The van der Waals surface area contributed by atoms with Crippen molar-refractivity contribution < 1.29 is 4.21 Å². The highest BCUT2D eigenvalue weighted by Gasteiger charge is 2.17. The van der Waals surface area contributed by atoms with Gasteiger partial charge in [0, 0.05) is 18.8 Å². The summed E-state index contributed by atoms with van der Waals surface area (Å²) in [5.41, 5.74) is 6.34. The number of nitrogens with zero attached hydrogens (tertiary/aromatic N) is 1. The van der Waals surface area contributed by atoms with Gasteiger partial charge in [0.25, 0.3) is 0 Å². The minimum absolute atomic E-state index is 0.595. The molecule has 0 spiro atoms. The number of hydrogen-bond donors (Lipinski definition) is 1. The van der Waals surface area contributed by atoms with Crippen LogP contribution in [0.4, 0.5) is 5.69 Å². The Morgan fingerprint density at radius 3 is 2.50 bits per heavy atom. The SMILES string of the molecule is Nc1ccccc1S(=O)N1CC=CC1. The van der Waals surface area contributed by atoms with Gasteiger partial charge in [0.05, 0.1) is 4.90 Å². The summed E-state index contributed by atoms with van der Waals surface area (Å²) in [5.74, 6) is 0. The fourth-order valence-electron chi connectivity index (χ4n) is 1.37. The van der Waals surface area contributed by atoms with E-state index in [2.05, 4.69) is 0 Å². The van der Waals surface area contributed by atoms with Gasteiger partial charge >= 0.3 is 0 Å². The number of para-hydroxylation sites is 1. The van der Waals surface area contributed by atoms with Crippen LogP contribution in [0, 0.1) is 0 Å². The van der Waals surface area contributed by atoms with E-state index in [9.17, 15) is 4.21 Å². The fraction of sp³-hybridized carbons (Fsp3) is 0.200. The van der Waals surface area contributed by atoms with Crippen molar-refractivity contribution in [2.45, 2.75) is 4.90 Å². The zero-order valence-corrected chi connectivity index (χ0v) is 8.54. The molecule has 0 fully saturated rings. The molecule has 74 valence electrons. The van der Waals surface area contributed by atoms with Crippen LogP contribution in [0.5, 0.6) is 0 Å². The molecule has 2 rings (SSSR count). The minimum atomic E-state index is -1.12. The van der Waals surface area contributed by atoms with Crippen LogP contribution < -0.4 is 5.73 Å². The fourth-order valence-corrected chi connectivity index (χ4v) is 2.56. The summed E-state index contributed by atoms with van der Waals surface area (Å²) in [5, 5.41) is 0. The van der Waals surface area contributed by atoms with E-state index in [1.165, 1.54) is 0 Å². The lowest BCUT2D eigenvalue weighted by Crippen LogP contribution is -2.23. The third-order valence-corrected chi connectivity index (χ3v) is 3.64. The van der Waals surface area contributed by atoms with Gasteiger partial charge in [0.2, 0.25) is 0 Å². The second-order valence-electron chi connectivity index (χ2n) is 3.11. The second-order valence-corrected chi connectivity index (χ2v) is 4.56. The number of nitrogens with two attached hydrogens (primary N) is 1. The minimum Gasteiger partial charge on any atom is -0.398 e. The van der Waals surface area contributed by atoms with Crippen LogP contribution >= 0.6 is 0 Å². The average molecular weight is 208 g/mol. The van der Waals surface area contributed by atoms with Gasteiger partial charge in [-0.2, -0.15) is 0 Å². The molecule has 0 saturated heterocycles. The Morgan fingerprint density at radius 1 is 1.21 bits per heavy atom. The molecule has 1 aromatic carbocycles. The van der Waals surface area contributed by atoms with Gasteiger partial charge < -0.3 is 5.73 Å². The van der Waals surface area contributed by atoms with E-state index in [0.717, 1.165) is 13.1 Å². The van der Waals surface area contributed by atoms with Gasteiger partial charge in [-0.3, -0.25) is 0 Å². The number of hydrogen-bond acceptors (Lipinski definition) is 2. The van der Waals surface area contributed by atoms with Crippen LogP contribution in [0.1, 0.15) is 0 Å². The molecule has 0 radical (unpaired) electrons. The number of nitrogen functional groups attached to an aromatic ring is 1. The molecule has 1 aromatic rings. The molecule has 0 saturated carbocycles. The van der Waals surface area contributed by atoms with E-state index in [-0.39, 0.29) is 0 Å². The van der Waals surface area contributed by atoms with E-state index >= 15 is 0 Å². The quantitative estimate of drug-likeness (QED) is 0.585. The van der Waals surface area contributed by atoms with Crippen LogP contribution in [0.2, 0.25) is 0 Å². The summed E-state index contributed by atoms with van der Waals surface area (Å²) in [6, 6.07) is 7.28. The lowest BCUT2D eigenvalue weighted by atomic mass is 10.3. The summed E-state index contributed by atoms with van der Waals surface area (Å²) < 4.78 is 13.9. The molecule has 14 heavy (non-hydrogen) atoms. The molecule has 0 aromatic heterocycles. The summed E-state index contributed by atoms with van der Waals surface area (Å²) in [6.07, 6.45) is 4.02. The van der Waals surface area contributed by atoms with Crippen LogP contribution in [0.15, 0.2) is 41.3 Å². The lowest BCUT2D eigenvalue weighted by molar-refractivity contribution is 0.552. The molecule has 1 heterocycles. The van der Waals surface area contributed by atoms with E-state index in [4.69, 9.17) is 5.73 Å². The third-order valence-electron chi connectivity index (χ3n) is 2.13. The lowest BCUT2D eigenvalue weighted by Gasteiger charge is -2.14. The predicted molar refractivity (Wildman–Crippen MR) is 58.0 cm³/mol. The summed E-state index contributed by atoms with van der Waals surface area (Å²) in [4.78, 5) is 0.705. The first-order chi connectivity index (χ1) is 6.79. The Kier molecular flexibility index (Phi) is 2.65. The van der Waals surface area contributed by atoms with Crippen molar-refractivity contribution in [3.05, 3.63) is 36.4 Å². The van der Waals surface area contributed by atoms with Crippen molar-refractivity contribution >= 4 is 16.7 Å². The van der Waals surface area contributed by atoms with E-state index in [1.54, 1.807) is 6.07 Å². The molecule has 4 heteroatoms. The summed E-state index contributed by atoms with van der Waals surface area (Å²) in [7, 11) is -1.12. The molecule has 1 aliphatic rings. The Balaban J connectivity index is 2.23. The highest BCUT2D eigenvalue weighted by molar-refractivity contribution is 7.82. The van der Waals surface area contributed by atoms with Crippen LogP contribution in [-0.4, -0.2) is 21.6 Å². The van der Waals surface area contributed by atoms with Crippen molar-refractivity contribution in [3.8, 4) is 0 Å². The monoisotopic (exact) mass is 208 g/mol. The Bertz CT molecular complexity index is 381. The topological polar surface area (TPSA) is 46.3 Å². The normalized spacial score (nSPS) is 18.6. The average Bonchev–Trinajstić information content (AvgIpc) is 2.70. The largest absolute Gasteiger partial charge is 0.398 e. The number of benzene rings is 1. The van der Waals surface area contributed by atoms with Crippen molar-refractivity contribution in [1.29, 1.82) is 0 Å². The molecule has 1 unspecified atom stereocenters. The summed E-state index contributed by atoms with van der Waals surface area (Å²) >= 11 is 0. The van der Waals surface area contributed by atoms with Gasteiger partial charge in [0.1, 0.15) is 11.0 Å². The van der Waals surface area contributed by atoms with Crippen LogP contribution in [-0.2, 0) is 11.0 Å². The maximum atomic E-state index is 12.0. The molecular weight excluding hydrogens is 196 g/mol. The van der Waals surface area contributed by atoms with Gasteiger partial charge in [-0.25, -0.2) is 8.51 Å². The first kappa shape index (κ1) is 9.43. The third kappa shape index (κ3) is 1.71. The Labute approximate surface area is 85.8 Å². The molecule has 3 nitrogen and oxygen atoms in total. The number of rotatable bonds is 2. The van der Waals surface area contributed by atoms with Crippen molar-refractivity contribution in [2.75, 3.05) is 18.8 Å². The smallest absolute Gasteiger partial charge is 0.130 e. The van der Waals surface area contributed by atoms with E-state index in [1.807, 2.05) is 34.7 Å². The van der Waals surface area contributed by atoms with Gasteiger partial charge in [-0.15, -0.1) is 0 Å². The van der Waals surface area contributed by atoms with Gasteiger partial charge in [-0.05, 0) is 12.1 Å². The first-order valence-electron chi connectivity index (χ1n) is 4.45. The Morgan fingerprint density at radius 2 is 1.86 bits per heavy atom. The van der Waals surface area contributed by atoms with Crippen LogP contribution in [0.3, 0.4) is 0 Å². The van der Waals surface area contributed by atoms with Gasteiger partial charge in [0.15, 0.2) is 0 Å². The first-order valence-corrected chi connectivity index (χ1v) is 5.56. The highest BCUT2D eigenvalue weighted by Crippen LogP contribution is 2.19. The standard InChI is InChI=1S/C10H12N2OS/c11-9-5-1-2-6-10(9)14(13)12-7-3-4-8-12/h1-6H,7-8,11H2. The van der Waals surface area contributed by atoms with Crippen LogP contribution in [0.25, 0.3) is 0 Å². The zero-order valence-electron chi connectivity index (χ0n) is 7.72. The zero-order chi connectivity index (χ0) is 9.97. The number of anilines is 1. The summed E-state index contributed by atoms with van der Waals surface area (Å²) in [6.45, 7) is 1.47. The molecular formula is C10H12N2OS. The van der Waals surface area contributed by atoms with E-state index < -0.39 is 11.0 Å². The Hall–Kier alpha value is -1.13.